The number of nitrogens with one attached hydrogen (secondary N) is 2. The lowest BCUT2D eigenvalue weighted by atomic mass is 10.1. The molecule has 0 bridgehead atoms. The van der Waals surface area contributed by atoms with Crippen molar-refractivity contribution in [3.63, 3.8) is 0 Å². The van der Waals surface area contributed by atoms with E-state index in [9.17, 15) is 9.90 Å². The van der Waals surface area contributed by atoms with Gasteiger partial charge in [-0.2, -0.15) is 10.2 Å². The number of carbonyl (C=O) groups is 1. The molecule has 168 valence electrons. The van der Waals surface area contributed by atoms with Crippen LogP contribution < -0.4 is 10.2 Å². The van der Waals surface area contributed by atoms with Gasteiger partial charge in [-0.3, -0.25) is 9.89 Å². The van der Waals surface area contributed by atoms with Crippen molar-refractivity contribution in [2.75, 3.05) is 6.61 Å². The van der Waals surface area contributed by atoms with Gasteiger partial charge >= 0.3 is 0 Å². The number of rotatable bonds is 12. The van der Waals surface area contributed by atoms with E-state index in [1.54, 1.807) is 30.3 Å². The van der Waals surface area contributed by atoms with Crippen molar-refractivity contribution < 1.29 is 14.6 Å². The summed E-state index contributed by atoms with van der Waals surface area (Å²) >= 11 is 0. The predicted octanol–water partition coefficient (Wildman–Crippen LogP) is 5.29. The fourth-order valence-corrected chi connectivity index (χ4v) is 3.17. The van der Waals surface area contributed by atoms with Crippen molar-refractivity contribution in [1.82, 2.24) is 15.6 Å². The number of phenols is 1. The maximum Gasteiger partial charge on any atom is 0.289 e. The fraction of sp³-hybridized carbons (Fsp3) is 0.320. The number of ether oxygens (including phenoxy) is 1. The summed E-state index contributed by atoms with van der Waals surface area (Å²) in [5.74, 6) is 0.616. The predicted molar refractivity (Wildman–Crippen MR) is 126 cm³/mol. The number of hydrogen-bond acceptors (Lipinski definition) is 5. The molecule has 3 rings (SSSR count). The number of aromatic nitrogens is 2. The quantitative estimate of drug-likeness (QED) is 0.205. The van der Waals surface area contributed by atoms with Gasteiger partial charge in [-0.25, -0.2) is 5.43 Å². The van der Waals surface area contributed by atoms with Crippen LogP contribution in [0.2, 0.25) is 0 Å². The minimum absolute atomic E-state index is 0.175. The number of aromatic amines is 1. The van der Waals surface area contributed by atoms with Crippen LogP contribution >= 0.6 is 0 Å². The van der Waals surface area contributed by atoms with Gasteiger partial charge in [0.15, 0.2) is 0 Å². The molecule has 1 aromatic heterocycles. The molecule has 1 amide bonds. The largest absolute Gasteiger partial charge is 0.508 e. The highest BCUT2D eigenvalue weighted by molar-refractivity contribution is 5.94. The van der Waals surface area contributed by atoms with Crippen molar-refractivity contribution in [2.24, 2.45) is 5.10 Å². The van der Waals surface area contributed by atoms with Crippen molar-refractivity contribution in [1.29, 1.82) is 0 Å². The molecular formula is C25H30N4O3. The zero-order valence-electron chi connectivity index (χ0n) is 18.4. The number of H-pyrrole nitrogens is 1. The second-order valence-electron chi connectivity index (χ2n) is 7.60. The molecular weight excluding hydrogens is 404 g/mol. The van der Waals surface area contributed by atoms with Gasteiger partial charge in [-0.15, -0.1) is 0 Å². The van der Waals surface area contributed by atoms with Crippen molar-refractivity contribution in [2.45, 2.75) is 45.4 Å². The Morgan fingerprint density at radius 2 is 1.78 bits per heavy atom. The van der Waals surface area contributed by atoms with Gasteiger partial charge in [-0.05, 0) is 66.6 Å². The van der Waals surface area contributed by atoms with Crippen LogP contribution in [0.15, 0.2) is 59.7 Å². The summed E-state index contributed by atoms with van der Waals surface area (Å²) in [6, 6.07) is 15.9. The van der Waals surface area contributed by atoms with Gasteiger partial charge in [0, 0.05) is 5.56 Å². The highest BCUT2D eigenvalue weighted by atomic mass is 16.5. The van der Waals surface area contributed by atoms with Gasteiger partial charge in [0.2, 0.25) is 0 Å². The zero-order valence-corrected chi connectivity index (χ0v) is 18.4. The van der Waals surface area contributed by atoms with Gasteiger partial charge < -0.3 is 9.84 Å². The average Bonchev–Trinajstić information content (AvgIpc) is 3.31. The lowest BCUT2D eigenvalue weighted by molar-refractivity contribution is 0.0950. The minimum Gasteiger partial charge on any atom is -0.508 e. The molecule has 2 aromatic carbocycles. The first-order valence-electron chi connectivity index (χ1n) is 11.1. The van der Waals surface area contributed by atoms with Crippen LogP contribution in [-0.4, -0.2) is 34.0 Å². The normalized spacial score (nSPS) is 11.0. The third kappa shape index (κ3) is 7.27. The second-order valence-corrected chi connectivity index (χ2v) is 7.60. The van der Waals surface area contributed by atoms with E-state index in [0.29, 0.717) is 11.4 Å². The number of aromatic hydroxyl groups is 1. The molecule has 0 spiro atoms. The Balaban J connectivity index is 1.46. The summed E-state index contributed by atoms with van der Waals surface area (Å²) < 4.78 is 5.81. The highest BCUT2D eigenvalue weighted by Gasteiger charge is 2.10. The van der Waals surface area contributed by atoms with Crippen LogP contribution in [0.25, 0.3) is 11.3 Å². The third-order valence-corrected chi connectivity index (χ3v) is 5.01. The maximum absolute atomic E-state index is 12.3. The molecule has 3 aromatic rings. The number of hydrazone groups is 1. The standard InChI is InChI=1S/C25H30N4O3/c1-2-3-4-5-6-7-16-32-22-14-10-20(11-15-22)23-17-24(28-27-23)25(31)29-26-18-19-8-12-21(30)13-9-19/h8-15,17-18,30H,2-7,16H2,1H3,(H,27,28)(H,29,31)/b26-18-. The van der Waals surface area contributed by atoms with Crippen LogP contribution in [-0.2, 0) is 0 Å². The Morgan fingerprint density at radius 1 is 1.06 bits per heavy atom. The zero-order chi connectivity index (χ0) is 22.6. The molecule has 7 nitrogen and oxygen atoms in total. The molecule has 0 unspecified atom stereocenters. The molecule has 0 aliphatic carbocycles. The Hall–Kier alpha value is -3.61. The van der Waals surface area contributed by atoms with Gasteiger partial charge in [0.05, 0.1) is 18.5 Å². The Bertz CT molecular complexity index is 995. The van der Waals surface area contributed by atoms with Gasteiger partial charge in [-0.1, -0.05) is 39.0 Å². The lowest BCUT2D eigenvalue weighted by Gasteiger charge is -2.06. The smallest absolute Gasteiger partial charge is 0.289 e. The summed E-state index contributed by atoms with van der Waals surface area (Å²) in [7, 11) is 0. The number of hydrogen-bond donors (Lipinski definition) is 3. The molecule has 0 saturated carbocycles. The van der Waals surface area contributed by atoms with E-state index < -0.39 is 5.91 Å². The number of nitrogens with zero attached hydrogens (tertiary/aromatic N) is 2. The number of unbranched alkanes of at least 4 members (excludes halogenated alkanes) is 5. The van der Waals surface area contributed by atoms with Crippen LogP contribution in [0.3, 0.4) is 0 Å². The number of amides is 1. The Labute approximate surface area is 188 Å². The molecule has 3 N–H and O–H groups in total. The fourth-order valence-electron chi connectivity index (χ4n) is 3.17. The first kappa shape index (κ1) is 23.1. The van der Waals surface area contributed by atoms with Crippen LogP contribution in [0.4, 0.5) is 0 Å². The Morgan fingerprint density at radius 3 is 2.53 bits per heavy atom. The molecule has 0 fully saturated rings. The second kappa shape index (κ2) is 12.3. The topological polar surface area (TPSA) is 99.6 Å². The van der Waals surface area contributed by atoms with E-state index in [0.717, 1.165) is 29.9 Å². The first-order chi connectivity index (χ1) is 15.7. The summed E-state index contributed by atoms with van der Waals surface area (Å²) in [6.07, 6.45) is 8.92. The van der Waals surface area contributed by atoms with E-state index >= 15 is 0 Å². The summed E-state index contributed by atoms with van der Waals surface area (Å²) in [5.41, 5.74) is 5.08. The molecule has 32 heavy (non-hydrogen) atoms. The first-order valence-corrected chi connectivity index (χ1v) is 11.1. The molecule has 0 aliphatic rings. The van der Waals surface area contributed by atoms with E-state index in [1.807, 2.05) is 24.3 Å². The van der Waals surface area contributed by atoms with Crippen molar-refractivity contribution in [3.05, 3.63) is 65.9 Å². The minimum atomic E-state index is -0.391. The molecule has 1 heterocycles. The van der Waals surface area contributed by atoms with Gasteiger partial charge in [0.1, 0.15) is 17.2 Å². The third-order valence-electron chi connectivity index (χ3n) is 5.01. The lowest BCUT2D eigenvalue weighted by Crippen LogP contribution is -2.17. The average molecular weight is 435 g/mol. The van der Waals surface area contributed by atoms with Crippen LogP contribution in [0, 0.1) is 0 Å². The summed E-state index contributed by atoms with van der Waals surface area (Å²) in [5, 5.41) is 20.2. The van der Waals surface area contributed by atoms with Crippen LogP contribution in [0.1, 0.15) is 61.5 Å². The monoisotopic (exact) mass is 434 g/mol. The van der Waals surface area contributed by atoms with Crippen molar-refractivity contribution in [3.8, 4) is 22.8 Å². The Kier molecular flexibility index (Phi) is 8.86. The SMILES string of the molecule is CCCCCCCCOc1ccc(-c2cc(C(=O)N/N=C\c3ccc(O)cc3)[nH]n2)cc1. The summed E-state index contributed by atoms with van der Waals surface area (Å²) in [4.78, 5) is 12.3. The van der Waals surface area contributed by atoms with E-state index in [-0.39, 0.29) is 5.75 Å². The van der Waals surface area contributed by atoms with E-state index in [4.69, 9.17) is 4.74 Å². The number of carbonyl (C=O) groups excluding carboxylic acids is 1. The number of phenolic OH excluding ortho intramolecular Hbond substituents is 1. The molecule has 0 atom stereocenters. The molecule has 7 heteroatoms. The maximum atomic E-state index is 12.3. The highest BCUT2D eigenvalue weighted by Crippen LogP contribution is 2.21. The van der Waals surface area contributed by atoms with Crippen molar-refractivity contribution >= 4 is 12.1 Å². The van der Waals surface area contributed by atoms with E-state index in [2.05, 4.69) is 27.6 Å². The molecule has 0 aliphatic heterocycles. The number of benzene rings is 2. The van der Waals surface area contributed by atoms with Gasteiger partial charge in [0.25, 0.3) is 5.91 Å². The molecule has 0 radical (unpaired) electrons. The molecule has 0 saturated heterocycles. The van der Waals surface area contributed by atoms with Crippen LogP contribution in [0.5, 0.6) is 11.5 Å². The summed E-state index contributed by atoms with van der Waals surface area (Å²) in [6.45, 7) is 2.95. The van der Waals surface area contributed by atoms with E-state index in [1.165, 1.54) is 38.3 Å².